The lowest BCUT2D eigenvalue weighted by molar-refractivity contribution is -0.145. The number of nitrogens with zero attached hydrogens (tertiary/aromatic N) is 2. The van der Waals surface area contributed by atoms with Gasteiger partial charge in [-0.05, 0) is 39.0 Å². The van der Waals surface area contributed by atoms with Crippen molar-refractivity contribution in [2.45, 2.75) is 64.3 Å². The quantitative estimate of drug-likeness (QED) is 0.667. The maximum Gasteiger partial charge on any atom is 0.331 e. The van der Waals surface area contributed by atoms with Crippen LogP contribution in [0.1, 0.15) is 57.2 Å². The van der Waals surface area contributed by atoms with Crippen LogP contribution in [0.5, 0.6) is 0 Å². The summed E-state index contributed by atoms with van der Waals surface area (Å²) in [5, 5.41) is 3.34. The zero-order chi connectivity index (χ0) is 15.3. The molecule has 1 unspecified atom stereocenters. The minimum absolute atomic E-state index is 0.245. The summed E-state index contributed by atoms with van der Waals surface area (Å²) in [5.74, 6) is 0.550. The molecule has 1 aliphatic rings. The highest BCUT2D eigenvalue weighted by Crippen LogP contribution is 2.28. The van der Waals surface area contributed by atoms with E-state index in [9.17, 15) is 4.79 Å². The number of hydrogen-bond donors (Lipinski definition) is 1. The lowest BCUT2D eigenvalue weighted by Gasteiger charge is -2.29. The van der Waals surface area contributed by atoms with Gasteiger partial charge in [0.1, 0.15) is 17.7 Å². The first-order chi connectivity index (χ1) is 10.1. The van der Waals surface area contributed by atoms with Crippen LogP contribution in [-0.2, 0) is 22.4 Å². The molecule has 0 saturated carbocycles. The van der Waals surface area contributed by atoms with Crippen molar-refractivity contribution in [3.05, 3.63) is 17.6 Å². The van der Waals surface area contributed by atoms with Crippen molar-refractivity contribution in [2.24, 2.45) is 0 Å². The van der Waals surface area contributed by atoms with E-state index in [0.717, 1.165) is 37.2 Å². The van der Waals surface area contributed by atoms with Crippen LogP contribution in [0.2, 0.25) is 0 Å². The Hall–Kier alpha value is -1.65. The number of ether oxygens (including phenoxy) is 1. The third kappa shape index (κ3) is 3.52. The summed E-state index contributed by atoms with van der Waals surface area (Å²) >= 11 is 0. The smallest absolute Gasteiger partial charge is 0.331 e. The number of rotatable bonds is 5. The van der Waals surface area contributed by atoms with Gasteiger partial charge in [-0.25, -0.2) is 14.8 Å². The number of carbonyl (C=O) groups is 1. The molecule has 5 nitrogen and oxygen atoms in total. The molecule has 0 fully saturated rings. The zero-order valence-electron chi connectivity index (χ0n) is 13.2. The summed E-state index contributed by atoms with van der Waals surface area (Å²) in [6, 6.07) is 0. The van der Waals surface area contributed by atoms with Crippen molar-refractivity contribution in [3.8, 4) is 0 Å². The fourth-order valence-corrected chi connectivity index (χ4v) is 3.01. The molecule has 0 aliphatic heterocycles. The summed E-state index contributed by atoms with van der Waals surface area (Å²) in [7, 11) is 1.43. The average molecular weight is 291 g/mol. The molecule has 1 aromatic rings. The molecule has 5 heteroatoms. The lowest BCUT2D eigenvalue weighted by atomic mass is 9.95. The van der Waals surface area contributed by atoms with E-state index < -0.39 is 5.54 Å². The van der Waals surface area contributed by atoms with Gasteiger partial charge in [0.05, 0.1) is 7.11 Å². The van der Waals surface area contributed by atoms with E-state index in [4.69, 9.17) is 4.74 Å². The molecule has 0 bridgehead atoms. The summed E-state index contributed by atoms with van der Waals surface area (Å²) in [4.78, 5) is 20.9. The summed E-state index contributed by atoms with van der Waals surface area (Å²) < 4.78 is 4.96. The Balaban J connectivity index is 2.31. The van der Waals surface area contributed by atoms with E-state index in [2.05, 4.69) is 22.2 Å². The standard InChI is InChI=1S/C16H25N3O2/c1-4-10-16(2,15(20)21-3)19-14-12-8-6-5-7-9-13(12)17-11-18-14/h11H,4-10H2,1-3H3,(H,17,18,19). The van der Waals surface area contributed by atoms with Crippen LogP contribution in [0.15, 0.2) is 6.33 Å². The van der Waals surface area contributed by atoms with E-state index in [0.29, 0.717) is 6.42 Å². The molecular weight excluding hydrogens is 266 g/mol. The first-order valence-electron chi connectivity index (χ1n) is 7.80. The number of nitrogens with one attached hydrogen (secondary N) is 1. The van der Waals surface area contributed by atoms with Crippen molar-refractivity contribution in [3.63, 3.8) is 0 Å². The number of esters is 1. The minimum atomic E-state index is -0.738. The SMILES string of the molecule is CCCC(C)(Nc1ncnc2c1CCCCC2)C(=O)OC. The van der Waals surface area contributed by atoms with Crippen LogP contribution in [0.3, 0.4) is 0 Å². The Morgan fingerprint density at radius 3 is 2.81 bits per heavy atom. The second-order valence-electron chi connectivity index (χ2n) is 5.91. The number of hydrogen-bond acceptors (Lipinski definition) is 5. The largest absolute Gasteiger partial charge is 0.467 e. The van der Waals surface area contributed by atoms with Gasteiger partial charge in [0, 0.05) is 11.3 Å². The van der Waals surface area contributed by atoms with Crippen molar-refractivity contribution in [1.29, 1.82) is 0 Å². The van der Waals surface area contributed by atoms with Gasteiger partial charge in [-0.1, -0.05) is 19.8 Å². The number of aromatic nitrogens is 2. The molecule has 1 heterocycles. The van der Waals surface area contributed by atoms with Gasteiger partial charge in [-0.2, -0.15) is 0 Å². The van der Waals surface area contributed by atoms with Crippen LogP contribution < -0.4 is 5.32 Å². The molecule has 1 atom stereocenters. The predicted molar refractivity (Wildman–Crippen MR) is 82.2 cm³/mol. The Kier molecular flexibility index (Phi) is 5.15. The highest BCUT2D eigenvalue weighted by Gasteiger charge is 2.34. The zero-order valence-corrected chi connectivity index (χ0v) is 13.2. The summed E-state index contributed by atoms with van der Waals surface area (Å²) in [6.07, 6.45) is 8.71. The van der Waals surface area contributed by atoms with Crippen LogP contribution in [-0.4, -0.2) is 28.6 Å². The second kappa shape index (κ2) is 6.87. The Labute approximate surface area is 126 Å². The van der Waals surface area contributed by atoms with E-state index in [1.165, 1.54) is 25.5 Å². The van der Waals surface area contributed by atoms with E-state index in [-0.39, 0.29) is 5.97 Å². The fraction of sp³-hybridized carbons (Fsp3) is 0.688. The van der Waals surface area contributed by atoms with Crippen molar-refractivity contribution >= 4 is 11.8 Å². The first-order valence-corrected chi connectivity index (χ1v) is 7.80. The topological polar surface area (TPSA) is 64.1 Å². The molecule has 1 aromatic heterocycles. The van der Waals surface area contributed by atoms with Gasteiger partial charge in [0.2, 0.25) is 0 Å². The van der Waals surface area contributed by atoms with Gasteiger partial charge < -0.3 is 10.1 Å². The lowest BCUT2D eigenvalue weighted by Crippen LogP contribution is -2.44. The van der Waals surface area contributed by atoms with Gasteiger partial charge in [0.15, 0.2) is 0 Å². The molecule has 0 spiro atoms. The maximum absolute atomic E-state index is 12.1. The Morgan fingerprint density at radius 1 is 1.33 bits per heavy atom. The molecule has 1 aliphatic carbocycles. The number of carbonyl (C=O) groups excluding carboxylic acids is 1. The third-order valence-corrected chi connectivity index (χ3v) is 4.16. The fourth-order valence-electron chi connectivity index (χ4n) is 3.01. The first kappa shape index (κ1) is 15.7. The summed E-state index contributed by atoms with van der Waals surface area (Å²) in [6.45, 7) is 3.94. The molecule has 0 radical (unpaired) electrons. The molecule has 0 aromatic carbocycles. The highest BCUT2D eigenvalue weighted by molar-refractivity contribution is 5.83. The molecule has 0 saturated heterocycles. The van der Waals surface area contributed by atoms with Gasteiger partial charge >= 0.3 is 5.97 Å². The van der Waals surface area contributed by atoms with Crippen molar-refractivity contribution in [2.75, 3.05) is 12.4 Å². The molecule has 1 N–H and O–H groups in total. The van der Waals surface area contributed by atoms with Crippen molar-refractivity contribution in [1.82, 2.24) is 9.97 Å². The normalized spacial score (nSPS) is 17.3. The van der Waals surface area contributed by atoms with Gasteiger partial charge in [-0.3, -0.25) is 0 Å². The second-order valence-corrected chi connectivity index (χ2v) is 5.91. The van der Waals surface area contributed by atoms with Crippen molar-refractivity contribution < 1.29 is 9.53 Å². The number of aryl methyl sites for hydroxylation is 1. The highest BCUT2D eigenvalue weighted by atomic mass is 16.5. The van der Waals surface area contributed by atoms with Crippen LogP contribution in [0.4, 0.5) is 5.82 Å². The number of fused-ring (bicyclic) bond motifs is 1. The monoisotopic (exact) mass is 291 g/mol. The van der Waals surface area contributed by atoms with Gasteiger partial charge in [-0.15, -0.1) is 0 Å². The van der Waals surface area contributed by atoms with E-state index in [1.54, 1.807) is 6.33 Å². The van der Waals surface area contributed by atoms with Crippen LogP contribution >= 0.6 is 0 Å². The molecule has 21 heavy (non-hydrogen) atoms. The van der Waals surface area contributed by atoms with E-state index >= 15 is 0 Å². The summed E-state index contributed by atoms with van der Waals surface area (Å²) in [5.41, 5.74) is 1.55. The molecule has 0 amide bonds. The molecule has 2 rings (SSSR count). The number of anilines is 1. The van der Waals surface area contributed by atoms with Crippen LogP contribution in [0, 0.1) is 0 Å². The maximum atomic E-state index is 12.1. The van der Waals surface area contributed by atoms with E-state index in [1.807, 2.05) is 6.92 Å². The van der Waals surface area contributed by atoms with Crippen LogP contribution in [0.25, 0.3) is 0 Å². The molecule has 116 valence electrons. The Bertz CT molecular complexity index is 504. The minimum Gasteiger partial charge on any atom is -0.467 e. The molecular formula is C16H25N3O2. The Morgan fingerprint density at radius 2 is 2.10 bits per heavy atom. The predicted octanol–water partition coefficient (Wildman–Crippen LogP) is 2.89. The third-order valence-electron chi connectivity index (χ3n) is 4.16. The van der Waals surface area contributed by atoms with Gasteiger partial charge in [0.25, 0.3) is 0 Å². The number of methoxy groups -OCH3 is 1. The average Bonchev–Trinajstić information content (AvgIpc) is 2.72.